The van der Waals surface area contributed by atoms with Crippen LogP contribution in [0.1, 0.15) is 41.6 Å². The smallest absolute Gasteiger partial charge is 0.358 e. The largest absolute Gasteiger partial charge is 0.459 e. The topological polar surface area (TPSA) is 84.0 Å². The molecule has 0 amide bonds. The molecule has 7 heteroatoms. The van der Waals surface area contributed by atoms with E-state index in [2.05, 4.69) is 25.3 Å². The van der Waals surface area contributed by atoms with Gasteiger partial charge in [0.05, 0.1) is 11.7 Å². The van der Waals surface area contributed by atoms with E-state index in [1.165, 1.54) is 0 Å². The molecule has 122 valence electrons. The van der Waals surface area contributed by atoms with Crippen molar-refractivity contribution in [2.75, 3.05) is 18.1 Å². The molecule has 0 spiro atoms. The Morgan fingerprint density at radius 3 is 3.00 bits per heavy atom. The van der Waals surface area contributed by atoms with Crippen molar-refractivity contribution < 1.29 is 9.53 Å². The second-order valence-electron chi connectivity index (χ2n) is 5.75. The molecule has 2 aromatic heterocycles. The number of aromatic amines is 1. The Balaban J connectivity index is 1.60. The summed E-state index contributed by atoms with van der Waals surface area (Å²) < 4.78 is 5.43. The van der Waals surface area contributed by atoms with Gasteiger partial charge in [0.2, 0.25) is 0 Å². The highest BCUT2D eigenvalue weighted by Gasteiger charge is 2.27. The van der Waals surface area contributed by atoms with Gasteiger partial charge in [-0.15, -0.1) is 5.10 Å². The van der Waals surface area contributed by atoms with Crippen molar-refractivity contribution >= 4 is 11.8 Å². The molecule has 1 saturated heterocycles. The van der Waals surface area contributed by atoms with Gasteiger partial charge in [-0.2, -0.15) is 10.2 Å². The van der Waals surface area contributed by atoms with Crippen LogP contribution in [-0.4, -0.2) is 45.6 Å². The molecule has 0 aromatic carbocycles. The van der Waals surface area contributed by atoms with Gasteiger partial charge in [0.1, 0.15) is 6.61 Å². The zero-order chi connectivity index (χ0) is 16.2. The monoisotopic (exact) mass is 315 g/mol. The molecule has 23 heavy (non-hydrogen) atoms. The number of anilines is 1. The summed E-state index contributed by atoms with van der Waals surface area (Å²) in [7, 11) is 0. The SMILES string of the molecule is CCc1cc(C(=O)OC[C@H]2CCCN2c2ccc(C)nn2)n[nH]1. The van der Waals surface area contributed by atoms with Crippen LogP contribution in [-0.2, 0) is 11.2 Å². The molecule has 0 saturated carbocycles. The van der Waals surface area contributed by atoms with Crippen molar-refractivity contribution in [3.05, 3.63) is 35.3 Å². The number of hydrogen-bond donors (Lipinski definition) is 1. The lowest BCUT2D eigenvalue weighted by molar-refractivity contribution is 0.0475. The lowest BCUT2D eigenvalue weighted by atomic mass is 10.2. The van der Waals surface area contributed by atoms with Crippen LogP contribution in [0.2, 0.25) is 0 Å². The molecule has 1 aliphatic rings. The Bertz CT molecular complexity index is 667. The maximum atomic E-state index is 12.1. The summed E-state index contributed by atoms with van der Waals surface area (Å²) in [5.74, 6) is 0.449. The van der Waals surface area contributed by atoms with Gasteiger partial charge in [-0.1, -0.05) is 6.92 Å². The first kappa shape index (κ1) is 15.5. The lowest BCUT2D eigenvalue weighted by Crippen LogP contribution is -2.34. The number of hydrogen-bond acceptors (Lipinski definition) is 6. The zero-order valence-corrected chi connectivity index (χ0v) is 13.5. The van der Waals surface area contributed by atoms with E-state index in [4.69, 9.17) is 4.74 Å². The van der Waals surface area contributed by atoms with Crippen LogP contribution in [0, 0.1) is 6.92 Å². The number of H-pyrrole nitrogens is 1. The third-order valence-corrected chi connectivity index (χ3v) is 4.08. The molecular formula is C16H21N5O2. The van der Waals surface area contributed by atoms with Crippen molar-refractivity contribution in [3.63, 3.8) is 0 Å². The van der Waals surface area contributed by atoms with Crippen molar-refractivity contribution in [3.8, 4) is 0 Å². The molecule has 7 nitrogen and oxygen atoms in total. The molecule has 3 rings (SSSR count). The minimum Gasteiger partial charge on any atom is -0.459 e. The van der Waals surface area contributed by atoms with Gasteiger partial charge in [-0.3, -0.25) is 5.10 Å². The number of nitrogens with one attached hydrogen (secondary N) is 1. The Morgan fingerprint density at radius 1 is 1.43 bits per heavy atom. The van der Waals surface area contributed by atoms with Gasteiger partial charge in [0, 0.05) is 12.2 Å². The average Bonchev–Trinajstić information content (AvgIpc) is 3.22. The van der Waals surface area contributed by atoms with Gasteiger partial charge in [-0.05, 0) is 44.4 Å². The van der Waals surface area contributed by atoms with Crippen LogP contribution < -0.4 is 4.90 Å². The summed E-state index contributed by atoms with van der Waals surface area (Å²) >= 11 is 0. The lowest BCUT2D eigenvalue weighted by Gasteiger charge is -2.24. The number of aryl methyl sites for hydroxylation is 2. The average molecular weight is 315 g/mol. The number of carbonyl (C=O) groups is 1. The first-order valence-electron chi connectivity index (χ1n) is 7.95. The molecular weight excluding hydrogens is 294 g/mol. The summed E-state index contributed by atoms with van der Waals surface area (Å²) in [5, 5.41) is 15.1. The summed E-state index contributed by atoms with van der Waals surface area (Å²) in [4.78, 5) is 14.2. The number of carbonyl (C=O) groups excluding carboxylic acids is 1. The van der Waals surface area contributed by atoms with Gasteiger partial charge in [-0.25, -0.2) is 4.79 Å². The van der Waals surface area contributed by atoms with E-state index in [1.807, 2.05) is 26.0 Å². The van der Waals surface area contributed by atoms with E-state index >= 15 is 0 Å². The summed E-state index contributed by atoms with van der Waals surface area (Å²) in [6.45, 7) is 5.15. The van der Waals surface area contributed by atoms with E-state index in [-0.39, 0.29) is 12.0 Å². The standard InChI is InChI=1S/C16H21N5O2/c1-3-12-9-14(19-18-12)16(22)23-10-13-5-4-8-21(13)15-7-6-11(2)17-20-15/h6-7,9,13H,3-5,8,10H2,1-2H3,(H,18,19)/t13-/m1/s1. The Kier molecular flexibility index (Phi) is 4.55. The first-order valence-corrected chi connectivity index (χ1v) is 7.95. The minimum atomic E-state index is -0.386. The van der Waals surface area contributed by atoms with E-state index in [1.54, 1.807) is 6.07 Å². The summed E-state index contributed by atoms with van der Waals surface area (Å²) in [6.07, 6.45) is 2.84. The fourth-order valence-electron chi connectivity index (χ4n) is 2.75. The van der Waals surface area contributed by atoms with Gasteiger partial charge in [0.15, 0.2) is 11.5 Å². The number of ether oxygens (including phenoxy) is 1. The molecule has 1 atom stereocenters. The fourth-order valence-corrected chi connectivity index (χ4v) is 2.75. The summed E-state index contributed by atoms with van der Waals surface area (Å²) in [5.41, 5.74) is 2.15. The summed E-state index contributed by atoms with van der Waals surface area (Å²) in [6, 6.07) is 5.78. The molecule has 1 aliphatic heterocycles. The molecule has 1 fully saturated rings. The Morgan fingerprint density at radius 2 is 2.30 bits per heavy atom. The molecule has 1 N–H and O–H groups in total. The zero-order valence-electron chi connectivity index (χ0n) is 13.5. The molecule has 2 aromatic rings. The molecule has 0 aliphatic carbocycles. The van der Waals surface area contributed by atoms with Crippen LogP contribution in [0.5, 0.6) is 0 Å². The van der Waals surface area contributed by atoms with Crippen LogP contribution in [0.15, 0.2) is 18.2 Å². The Hall–Kier alpha value is -2.44. The molecule has 0 radical (unpaired) electrons. The van der Waals surface area contributed by atoms with Crippen molar-refractivity contribution in [2.45, 2.75) is 39.2 Å². The van der Waals surface area contributed by atoms with E-state index < -0.39 is 0 Å². The number of rotatable bonds is 5. The predicted octanol–water partition coefficient (Wildman–Crippen LogP) is 1.90. The van der Waals surface area contributed by atoms with Crippen molar-refractivity contribution in [2.24, 2.45) is 0 Å². The van der Waals surface area contributed by atoms with Gasteiger partial charge >= 0.3 is 5.97 Å². The van der Waals surface area contributed by atoms with Crippen molar-refractivity contribution in [1.82, 2.24) is 20.4 Å². The third-order valence-electron chi connectivity index (χ3n) is 4.08. The van der Waals surface area contributed by atoms with Crippen LogP contribution in [0.3, 0.4) is 0 Å². The number of aromatic nitrogens is 4. The highest BCUT2D eigenvalue weighted by molar-refractivity contribution is 5.87. The fraction of sp³-hybridized carbons (Fsp3) is 0.500. The molecule has 3 heterocycles. The van der Waals surface area contributed by atoms with Crippen LogP contribution in [0.4, 0.5) is 5.82 Å². The normalized spacial score (nSPS) is 17.5. The number of esters is 1. The second kappa shape index (κ2) is 6.76. The van der Waals surface area contributed by atoms with E-state index in [0.29, 0.717) is 12.3 Å². The second-order valence-corrected chi connectivity index (χ2v) is 5.75. The molecule has 0 bridgehead atoms. The molecule has 0 unspecified atom stereocenters. The van der Waals surface area contributed by atoms with Gasteiger partial charge in [0.25, 0.3) is 0 Å². The number of nitrogens with zero attached hydrogens (tertiary/aromatic N) is 4. The third kappa shape index (κ3) is 3.49. The Labute approximate surface area is 135 Å². The van der Waals surface area contributed by atoms with E-state index in [0.717, 1.165) is 43.0 Å². The quantitative estimate of drug-likeness (QED) is 0.848. The first-order chi connectivity index (χ1) is 11.2. The highest BCUT2D eigenvalue weighted by Crippen LogP contribution is 2.23. The van der Waals surface area contributed by atoms with Crippen LogP contribution >= 0.6 is 0 Å². The van der Waals surface area contributed by atoms with E-state index in [9.17, 15) is 4.79 Å². The van der Waals surface area contributed by atoms with Crippen molar-refractivity contribution in [1.29, 1.82) is 0 Å². The van der Waals surface area contributed by atoms with Gasteiger partial charge < -0.3 is 9.64 Å². The highest BCUT2D eigenvalue weighted by atomic mass is 16.5. The minimum absolute atomic E-state index is 0.139. The maximum absolute atomic E-state index is 12.1. The maximum Gasteiger partial charge on any atom is 0.358 e. The predicted molar refractivity (Wildman–Crippen MR) is 85.4 cm³/mol. The van der Waals surface area contributed by atoms with Crippen LogP contribution in [0.25, 0.3) is 0 Å².